The lowest BCUT2D eigenvalue weighted by Gasteiger charge is -2.26. The first-order valence-electron chi connectivity index (χ1n) is 9.10. The molecule has 1 aromatic carbocycles. The van der Waals surface area contributed by atoms with Crippen molar-refractivity contribution < 1.29 is 14.6 Å². The van der Waals surface area contributed by atoms with E-state index in [4.69, 9.17) is 9.47 Å². The van der Waals surface area contributed by atoms with E-state index < -0.39 is 5.79 Å². The lowest BCUT2D eigenvalue weighted by atomic mass is 10.0. The predicted octanol–water partition coefficient (Wildman–Crippen LogP) is 6.13. The number of aromatic hydroxyl groups is 1. The van der Waals surface area contributed by atoms with Gasteiger partial charge >= 0.3 is 0 Å². The molecule has 0 radical (unpaired) electrons. The zero-order valence-corrected chi connectivity index (χ0v) is 16.3. The van der Waals surface area contributed by atoms with Gasteiger partial charge in [0.15, 0.2) is 0 Å². The highest BCUT2D eigenvalue weighted by Crippen LogP contribution is 2.43. The molecule has 1 atom stereocenters. The molecule has 140 valence electrons. The Labute approximate surface area is 157 Å². The number of hydrogen-bond acceptors (Lipinski definition) is 3. The van der Waals surface area contributed by atoms with Gasteiger partial charge in [0.25, 0.3) is 5.79 Å². The summed E-state index contributed by atoms with van der Waals surface area (Å²) in [5.74, 6) is -0.347. The fourth-order valence-electron chi connectivity index (χ4n) is 3.08. The maximum Gasteiger partial charge on any atom is 0.261 e. The van der Waals surface area contributed by atoms with Crippen molar-refractivity contribution in [1.82, 2.24) is 0 Å². The number of benzene rings is 1. The van der Waals surface area contributed by atoms with Crippen molar-refractivity contribution in [1.29, 1.82) is 0 Å². The second-order valence-electron chi connectivity index (χ2n) is 6.99. The summed E-state index contributed by atoms with van der Waals surface area (Å²) in [6.45, 7) is 10.5. The van der Waals surface area contributed by atoms with E-state index in [1.807, 2.05) is 12.1 Å². The van der Waals surface area contributed by atoms with Gasteiger partial charge in [-0.2, -0.15) is 0 Å². The zero-order chi connectivity index (χ0) is 19.2. The number of hydrogen-bond donors (Lipinski definition) is 1. The fourth-order valence-corrected chi connectivity index (χ4v) is 3.08. The van der Waals surface area contributed by atoms with E-state index in [1.165, 1.54) is 11.1 Å². The highest BCUT2D eigenvalue weighted by molar-refractivity contribution is 5.44. The van der Waals surface area contributed by atoms with Crippen LogP contribution in [0.3, 0.4) is 0 Å². The molecule has 1 aliphatic rings. The molecule has 3 heteroatoms. The van der Waals surface area contributed by atoms with Crippen LogP contribution in [0.1, 0.15) is 52.0 Å². The molecule has 0 saturated carbocycles. The minimum atomic E-state index is -1.10. The molecule has 0 spiro atoms. The number of ether oxygens (including phenoxy) is 2. The predicted molar refractivity (Wildman–Crippen MR) is 107 cm³/mol. The monoisotopic (exact) mass is 354 g/mol. The summed E-state index contributed by atoms with van der Waals surface area (Å²) >= 11 is 0. The number of para-hydroxylation sites is 1. The maximum atomic E-state index is 10.2. The lowest BCUT2D eigenvalue weighted by Crippen LogP contribution is -2.26. The molecule has 0 fully saturated rings. The molecule has 0 aliphatic carbocycles. The molecule has 1 aliphatic heterocycles. The number of rotatable bonds is 8. The second-order valence-corrected chi connectivity index (χ2v) is 6.99. The smallest absolute Gasteiger partial charge is 0.261 e. The summed E-state index contributed by atoms with van der Waals surface area (Å²) in [6.07, 6.45) is 10.4. The first kappa shape index (κ1) is 20.1. The van der Waals surface area contributed by atoms with Crippen molar-refractivity contribution in [2.24, 2.45) is 0 Å². The van der Waals surface area contributed by atoms with E-state index >= 15 is 0 Å². The lowest BCUT2D eigenvalue weighted by molar-refractivity contribution is -0.158. The van der Waals surface area contributed by atoms with Gasteiger partial charge < -0.3 is 14.6 Å². The number of methoxy groups -OCH3 is 1. The first-order chi connectivity index (χ1) is 12.4. The van der Waals surface area contributed by atoms with E-state index in [9.17, 15) is 5.11 Å². The molecular weight excluding hydrogens is 324 g/mol. The Hall–Kier alpha value is -2.26. The molecule has 0 aromatic heterocycles. The molecule has 0 saturated heterocycles. The average Bonchev–Trinajstić information content (AvgIpc) is 2.92. The van der Waals surface area contributed by atoms with Gasteiger partial charge in [0.05, 0.1) is 5.56 Å². The quantitative estimate of drug-likeness (QED) is 0.570. The highest BCUT2D eigenvalue weighted by atomic mass is 16.7. The van der Waals surface area contributed by atoms with Gasteiger partial charge in [0.1, 0.15) is 11.5 Å². The molecule has 1 N–H and O–H groups in total. The maximum absolute atomic E-state index is 10.2. The van der Waals surface area contributed by atoms with E-state index in [0.717, 1.165) is 31.3 Å². The van der Waals surface area contributed by atoms with Crippen LogP contribution in [-0.2, 0) is 15.3 Å². The van der Waals surface area contributed by atoms with E-state index in [0.29, 0.717) is 11.3 Å². The van der Waals surface area contributed by atoms with Gasteiger partial charge in [-0.15, -0.1) is 0 Å². The van der Waals surface area contributed by atoms with Gasteiger partial charge in [-0.1, -0.05) is 42.0 Å². The van der Waals surface area contributed by atoms with Gasteiger partial charge in [-0.3, -0.25) is 0 Å². The van der Waals surface area contributed by atoms with Gasteiger partial charge in [0.2, 0.25) is 0 Å². The van der Waals surface area contributed by atoms with Crippen LogP contribution in [0.2, 0.25) is 0 Å². The molecule has 3 nitrogen and oxygen atoms in total. The van der Waals surface area contributed by atoms with Crippen LogP contribution in [0.15, 0.2) is 71.6 Å². The van der Waals surface area contributed by atoms with Crippen LogP contribution in [0.5, 0.6) is 5.75 Å². The molecular formula is C23H30O3. The number of allylic oxidation sites excluding steroid dienone is 5. The Morgan fingerprint density at radius 1 is 1.19 bits per heavy atom. The third kappa shape index (κ3) is 4.89. The number of phenols is 1. The molecule has 1 unspecified atom stereocenters. The summed E-state index contributed by atoms with van der Waals surface area (Å²) in [6, 6.07) is 7.07. The topological polar surface area (TPSA) is 38.7 Å². The van der Waals surface area contributed by atoms with Crippen molar-refractivity contribution in [3.63, 3.8) is 0 Å². The van der Waals surface area contributed by atoms with E-state index in [1.54, 1.807) is 25.3 Å². The van der Waals surface area contributed by atoms with Crippen molar-refractivity contribution >= 4 is 0 Å². The molecule has 1 heterocycles. The summed E-state index contributed by atoms with van der Waals surface area (Å²) in [5, 5.41) is 10.2. The van der Waals surface area contributed by atoms with Crippen LogP contribution < -0.4 is 0 Å². The summed E-state index contributed by atoms with van der Waals surface area (Å²) < 4.78 is 11.6. The average molecular weight is 354 g/mol. The Bertz CT molecular complexity index is 736. The van der Waals surface area contributed by atoms with Crippen molar-refractivity contribution in [3.05, 3.63) is 77.1 Å². The first-order valence-corrected chi connectivity index (χ1v) is 9.10. The Kier molecular flexibility index (Phi) is 6.87. The molecule has 0 amide bonds. The summed E-state index contributed by atoms with van der Waals surface area (Å²) in [4.78, 5) is 0. The van der Waals surface area contributed by atoms with E-state index in [-0.39, 0.29) is 5.75 Å². The SMILES string of the molecule is C=C1OC(OC)(c2ccccc2O)C=C1CC/C=C(\C)CCC=C(C)C. The molecule has 0 bridgehead atoms. The zero-order valence-electron chi connectivity index (χ0n) is 16.3. The Morgan fingerprint density at radius 3 is 2.58 bits per heavy atom. The van der Waals surface area contributed by atoms with Crippen molar-refractivity contribution in [2.75, 3.05) is 7.11 Å². The normalized spacial score (nSPS) is 19.9. The fraction of sp³-hybridized carbons (Fsp3) is 0.391. The minimum absolute atomic E-state index is 0.148. The van der Waals surface area contributed by atoms with Crippen LogP contribution in [0.4, 0.5) is 0 Å². The third-order valence-electron chi connectivity index (χ3n) is 4.58. The van der Waals surface area contributed by atoms with Crippen LogP contribution in [0.25, 0.3) is 0 Å². The second kappa shape index (κ2) is 8.91. The minimum Gasteiger partial charge on any atom is -0.507 e. The standard InChI is InChI=1S/C23H30O3/c1-17(2)10-8-11-18(3)12-9-13-20-16-23(25-5,26-19(20)4)21-14-6-7-15-22(21)24/h6-7,10,12,14-16,24H,4,8-9,11,13H2,1-3,5H3/b18-12+. The van der Waals surface area contributed by atoms with Crippen LogP contribution in [0, 0.1) is 0 Å². The highest BCUT2D eigenvalue weighted by Gasteiger charge is 2.40. The van der Waals surface area contributed by atoms with Crippen LogP contribution in [-0.4, -0.2) is 12.2 Å². The molecule has 26 heavy (non-hydrogen) atoms. The van der Waals surface area contributed by atoms with Gasteiger partial charge in [-0.05, 0) is 70.2 Å². The van der Waals surface area contributed by atoms with Crippen LogP contribution >= 0.6 is 0 Å². The summed E-state index contributed by atoms with van der Waals surface area (Å²) in [5.41, 5.74) is 4.37. The third-order valence-corrected chi connectivity index (χ3v) is 4.58. The Balaban J connectivity index is 2.05. The molecule has 2 rings (SSSR count). The molecule has 1 aromatic rings. The number of phenolic OH excluding ortho intramolecular Hbond substituents is 1. The Morgan fingerprint density at radius 2 is 1.92 bits per heavy atom. The summed E-state index contributed by atoms with van der Waals surface area (Å²) in [7, 11) is 1.58. The van der Waals surface area contributed by atoms with Gasteiger partial charge in [-0.25, -0.2) is 0 Å². The van der Waals surface area contributed by atoms with E-state index in [2.05, 4.69) is 39.5 Å². The van der Waals surface area contributed by atoms with Crippen molar-refractivity contribution in [2.45, 2.75) is 52.2 Å². The van der Waals surface area contributed by atoms with Crippen molar-refractivity contribution in [3.8, 4) is 5.75 Å². The largest absolute Gasteiger partial charge is 0.507 e. The van der Waals surface area contributed by atoms with Gasteiger partial charge in [0, 0.05) is 7.11 Å².